The second-order valence-corrected chi connectivity index (χ2v) is 5.22. The summed E-state index contributed by atoms with van der Waals surface area (Å²) in [5.74, 6) is 0.501. The molecule has 0 heterocycles. The number of ether oxygens (including phenoxy) is 1. The topological polar surface area (TPSA) is 53.3 Å². The van der Waals surface area contributed by atoms with Gasteiger partial charge in [0.1, 0.15) is 5.75 Å². The maximum Gasteiger partial charge on any atom is 0.225 e. The summed E-state index contributed by atoms with van der Waals surface area (Å²) in [6.45, 7) is 0.700. The van der Waals surface area contributed by atoms with Gasteiger partial charge in [0.05, 0.1) is 30.5 Å². The fourth-order valence-electron chi connectivity index (χ4n) is 1.37. The molecule has 0 radical (unpaired) electrons. The monoisotopic (exact) mass is 344 g/mol. The number of amides is 1. The first kappa shape index (κ1) is 15.8. The van der Waals surface area contributed by atoms with Crippen LogP contribution < -0.4 is 4.74 Å². The Morgan fingerprint density at radius 3 is 2.95 bits per heavy atom. The average Bonchev–Trinajstić information content (AvgIpc) is 2.38. The average molecular weight is 346 g/mol. The van der Waals surface area contributed by atoms with Crippen molar-refractivity contribution in [1.29, 1.82) is 5.26 Å². The summed E-state index contributed by atoms with van der Waals surface area (Å²) < 4.78 is 6.32. The van der Waals surface area contributed by atoms with Gasteiger partial charge in [-0.1, -0.05) is 27.5 Å². The molecule has 0 N–H and O–H groups in total. The normalized spacial score (nSPS) is 9.79. The zero-order valence-electron chi connectivity index (χ0n) is 10.5. The number of hydrogen-bond donors (Lipinski definition) is 0. The van der Waals surface area contributed by atoms with Crippen LogP contribution in [0.3, 0.4) is 0 Å². The summed E-state index contributed by atoms with van der Waals surface area (Å²) in [7, 11) is 1.67. The van der Waals surface area contributed by atoms with Crippen LogP contribution in [-0.4, -0.2) is 31.0 Å². The fourth-order valence-corrected chi connectivity index (χ4v) is 2.10. The molecule has 0 fully saturated rings. The van der Waals surface area contributed by atoms with Gasteiger partial charge in [0.15, 0.2) is 0 Å². The van der Waals surface area contributed by atoms with Gasteiger partial charge in [0.25, 0.3) is 0 Å². The summed E-state index contributed by atoms with van der Waals surface area (Å²) >= 11 is 9.29. The zero-order valence-corrected chi connectivity index (χ0v) is 12.9. The van der Waals surface area contributed by atoms with E-state index in [2.05, 4.69) is 15.9 Å². The summed E-state index contributed by atoms with van der Waals surface area (Å²) in [5, 5.41) is 8.94. The summed E-state index contributed by atoms with van der Waals surface area (Å²) in [6.07, 6.45) is 0.593. The van der Waals surface area contributed by atoms with E-state index >= 15 is 0 Å². The van der Waals surface area contributed by atoms with Crippen LogP contribution in [0.15, 0.2) is 22.7 Å². The van der Waals surface area contributed by atoms with Gasteiger partial charge >= 0.3 is 0 Å². The number of hydrogen-bond acceptors (Lipinski definition) is 3. The van der Waals surface area contributed by atoms with E-state index in [1.54, 1.807) is 19.2 Å². The fraction of sp³-hybridized carbons (Fsp3) is 0.385. The lowest BCUT2D eigenvalue weighted by Gasteiger charge is -2.15. The van der Waals surface area contributed by atoms with Crippen LogP contribution in [0.1, 0.15) is 12.8 Å². The second kappa shape index (κ2) is 8.03. The van der Waals surface area contributed by atoms with Crippen LogP contribution >= 0.6 is 27.5 Å². The number of halogens is 2. The highest BCUT2D eigenvalue weighted by molar-refractivity contribution is 9.10. The second-order valence-electron chi connectivity index (χ2n) is 3.90. The van der Waals surface area contributed by atoms with Crippen molar-refractivity contribution in [2.45, 2.75) is 12.8 Å². The lowest BCUT2D eigenvalue weighted by Crippen LogP contribution is -2.28. The lowest BCUT2D eigenvalue weighted by atomic mass is 10.3. The molecule has 0 aromatic heterocycles. The minimum absolute atomic E-state index is 0.0523. The van der Waals surface area contributed by atoms with Gasteiger partial charge in [0, 0.05) is 18.1 Å². The molecule has 0 aliphatic rings. The Kier molecular flexibility index (Phi) is 6.68. The van der Waals surface area contributed by atoms with Crippen LogP contribution in [0, 0.1) is 11.3 Å². The van der Waals surface area contributed by atoms with Crippen molar-refractivity contribution in [2.24, 2.45) is 0 Å². The van der Waals surface area contributed by atoms with Crippen LogP contribution in [0.5, 0.6) is 5.75 Å². The number of carbonyl (C=O) groups is 1. The molecule has 1 rings (SSSR count). The Morgan fingerprint density at radius 1 is 1.58 bits per heavy atom. The summed E-state index contributed by atoms with van der Waals surface area (Å²) in [5.41, 5.74) is 0. The lowest BCUT2D eigenvalue weighted by molar-refractivity contribution is -0.130. The standard InChI is InChI=1S/C13H14BrClN2O2/c1-17(7-2-6-16)13(18)5-8-19-12-4-3-10(14)9-11(12)15/h3-4,9H,2,5,7-8H2,1H3. The number of nitriles is 1. The van der Waals surface area contributed by atoms with E-state index in [-0.39, 0.29) is 18.9 Å². The minimum atomic E-state index is -0.0523. The number of benzene rings is 1. The van der Waals surface area contributed by atoms with Gasteiger partial charge < -0.3 is 9.64 Å². The van der Waals surface area contributed by atoms with E-state index in [1.807, 2.05) is 12.1 Å². The molecule has 0 saturated carbocycles. The van der Waals surface area contributed by atoms with Gasteiger partial charge in [-0.05, 0) is 18.2 Å². The molecule has 0 aliphatic heterocycles. The van der Waals surface area contributed by atoms with Crippen molar-refractivity contribution in [3.8, 4) is 11.8 Å². The van der Waals surface area contributed by atoms with Crippen LogP contribution in [-0.2, 0) is 4.79 Å². The van der Waals surface area contributed by atoms with Gasteiger partial charge in [0.2, 0.25) is 5.91 Å². The summed E-state index contributed by atoms with van der Waals surface area (Å²) in [6, 6.07) is 7.30. The quantitative estimate of drug-likeness (QED) is 0.795. The number of rotatable bonds is 6. The van der Waals surface area contributed by atoms with E-state index in [1.165, 1.54) is 4.90 Å². The summed E-state index contributed by atoms with van der Waals surface area (Å²) in [4.78, 5) is 13.2. The molecule has 0 unspecified atom stereocenters. The Hall–Kier alpha value is -1.25. The van der Waals surface area contributed by atoms with Crippen molar-refractivity contribution in [2.75, 3.05) is 20.2 Å². The van der Waals surface area contributed by atoms with E-state index in [9.17, 15) is 4.79 Å². The SMILES string of the molecule is CN(CCC#N)C(=O)CCOc1ccc(Br)cc1Cl. The Bertz CT molecular complexity index is 488. The molecular formula is C13H14BrClN2O2. The van der Waals surface area contributed by atoms with Crippen molar-refractivity contribution in [3.63, 3.8) is 0 Å². The van der Waals surface area contributed by atoms with E-state index < -0.39 is 0 Å². The highest BCUT2D eigenvalue weighted by Gasteiger charge is 2.09. The molecule has 0 spiro atoms. The Morgan fingerprint density at radius 2 is 2.32 bits per heavy atom. The van der Waals surface area contributed by atoms with Gasteiger partial charge in [-0.25, -0.2) is 0 Å². The predicted molar refractivity (Wildman–Crippen MR) is 77.1 cm³/mol. The minimum Gasteiger partial charge on any atom is -0.491 e. The van der Waals surface area contributed by atoms with E-state index in [0.29, 0.717) is 23.7 Å². The van der Waals surface area contributed by atoms with E-state index in [4.69, 9.17) is 21.6 Å². The maximum atomic E-state index is 11.7. The molecule has 1 amide bonds. The molecule has 0 saturated heterocycles. The van der Waals surface area contributed by atoms with Gasteiger partial charge in [-0.3, -0.25) is 4.79 Å². The van der Waals surface area contributed by atoms with Crippen LogP contribution in [0.2, 0.25) is 5.02 Å². The van der Waals surface area contributed by atoms with Crippen molar-refractivity contribution in [1.82, 2.24) is 4.90 Å². The van der Waals surface area contributed by atoms with Crippen molar-refractivity contribution < 1.29 is 9.53 Å². The highest BCUT2D eigenvalue weighted by Crippen LogP contribution is 2.27. The molecule has 1 aromatic rings. The zero-order chi connectivity index (χ0) is 14.3. The van der Waals surface area contributed by atoms with Gasteiger partial charge in [-0.2, -0.15) is 5.26 Å². The molecule has 1 aromatic carbocycles. The largest absolute Gasteiger partial charge is 0.491 e. The van der Waals surface area contributed by atoms with Gasteiger partial charge in [-0.15, -0.1) is 0 Å². The maximum absolute atomic E-state index is 11.7. The molecule has 4 nitrogen and oxygen atoms in total. The third-order valence-corrected chi connectivity index (χ3v) is 3.24. The molecule has 0 bridgehead atoms. The van der Waals surface area contributed by atoms with Crippen LogP contribution in [0.25, 0.3) is 0 Å². The van der Waals surface area contributed by atoms with E-state index in [0.717, 1.165) is 4.47 Å². The third kappa shape index (κ3) is 5.50. The van der Waals surface area contributed by atoms with Crippen LogP contribution in [0.4, 0.5) is 0 Å². The molecule has 19 heavy (non-hydrogen) atoms. The molecule has 102 valence electrons. The Labute approximate surface area is 126 Å². The highest BCUT2D eigenvalue weighted by atomic mass is 79.9. The first-order chi connectivity index (χ1) is 9.04. The first-order valence-corrected chi connectivity index (χ1v) is 6.90. The van der Waals surface area contributed by atoms with Crippen molar-refractivity contribution in [3.05, 3.63) is 27.7 Å². The number of nitrogens with zero attached hydrogens (tertiary/aromatic N) is 2. The number of carbonyl (C=O) groups excluding carboxylic acids is 1. The smallest absolute Gasteiger partial charge is 0.225 e. The third-order valence-electron chi connectivity index (χ3n) is 2.45. The predicted octanol–water partition coefficient (Wildman–Crippen LogP) is 3.24. The molecular weight excluding hydrogens is 332 g/mol. The molecule has 6 heteroatoms. The Balaban J connectivity index is 2.38. The molecule has 0 aliphatic carbocycles. The van der Waals surface area contributed by atoms with Crippen molar-refractivity contribution >= 4 is 33.4 Å². The first-order valence-electron chi connectivity index (χ1n) is 5.73. The molecule has 0 atom stereocenters.